The summed E-state index contributed by atoms with van der Waals surface area (Å²) in [6, 6.07) is 0. The first-order valence-electron chi connectivity index (χ1n) is 9.37. The van der Waals surface area contributed by atoms with E-state index in [9.17, 15) is 9.90 Å². The number of cyclic esters (lactones) is 1. The molecule has 0 radical (unpaired) electrons. The van der Waals surface area contributed by atoms with Gasteiger partial charge in [-0.15, -0.1) is 11.6 Å². The second kappa shape index (κ2) is 6.32. The van der Waals surface area contributed by atoms with Gasteiger partial charge in [-0.25, -0.2) is 4.79 Å². The molecule has 136 valence electrons. The van der Waals surface area contributed by atoms with Crippen LogP contribution in [0.4, 0.5) is 0 Å². The number of ether oxygens (including phenoxy) is 1. The Morgan fingerprint density at radius 2 is 2.04 bits per heavy atom. The Kier molecular flexibility index (Phi) is 4.81. The van der Waals surface area contributed by atoms with Crippen LogP contribution in [0.1, 0.15) is 65.7 Å². The Hall–Kier alpha value is -0.540. The van der Waals surface area contributed by atoms with Crippen LogP contribution in [0.2, 0.25) is 0 Å². The van der Waals surface area contributed by atoms with Gasteiger partial charge in [-0.05, 0) is 54.8 Å². The van der Waals surface area contributed by atoms with Crippen LogP contribution in [-0.2, 0) is 9.53 Å². The van der Waals surface area contributed by atoms with E-state index in [0.29, 0.717) is 24.4 Å². The van der Waals surface area contributed by atoms with Crippen molar-refractivity contribution in [2.45, 2.75) is 71.3 Å². The molecule has 2 saturated carbocycles. The van der Waals surface area contributed by atoms with Gasteiger partial charge in [0, 0.05) is 12.0 Å². The highest BCUT2D eigenvalue weighted by atomic mass is 35.5. The fraction of sp³-hybridized carbons (Fsp3) is 0.850. The van der Waals surface area contributed by atoms with Crippen LogP contribution in [0.15, 0.2) is 11.6 Å². The van der Waals surface area contributed by atoms with Gasteiger partial charge in [0.25, 0.3) is 0 Å². The van der Waals surface area contributed by atoms with E-state index >= 15 is 0 Å². The predicted octanol–water partition coefficient (Wildman–Crippen LogP) is 4.46. The molecule has 0 amide bonds. The number of rotatable bonds is 3. The van der Waals surface area contributed by atoms with Gasteiger partial charge in [0.15, 0.2) is 0 Å². The number of allylic oxidation sites excluding steroid dienone is 1. The van der Waals surface area contributed by atoms with Crippen molar-refractivity contribution in [2.24, 2.45) is 22.7 Å². The lowest BCUT2D eigenvalue weighted by Crippen LogP contribution is -2.59. The van der Waals surface area contributed by atoms with Gasteiger partial charge in [0.05, 0.1) is 18.1 Å². The summed E-state index contributed by atoms with van der Waals surface area (Å²) in [6.07, 6.45) is 8.83. The zero-order valence-corrected chi connectivity index (χ0v) is 16.0. The Labute approximate surface area is 150 Å². The summed E-state index contributed by atoms with van der Waals surface area (Å²) < 4.78 is 5.05. The maximum atomic E-state index is 11.8. The molecule has 4 heteroatoms. The van der Waals surface area contributed by atoms with Crippen molar-refractivity contribution in [1.29, 1.82) is 0 Å². The predicted molar refractivity (Wildman–Crippen MR) is 95.9 cm³/mol. The highest BCUT2D eigenvalue weighted by Crippen LogP contribution is 2.63. The van der Waals surface area contributed by atoms with Gasteiger partial charge in [-0.3, -0.25) is 0 Å². The van der Waals surface area contributed by atoms with E-state index in [1.807, 2.05) is 6.08 Å². The van der Waals surface area contributed by atoms with Gasteiger partial charge < -0.3 is 9.84 Å². The van der Waals surface area contributed by atoms with Gasteiger partial charge in [0.2, 0.25) is 0 Å². The molecule has 4 atom stereocenters. The molecule has 3 rings (SSSR count). The number of hydrogen-bond acceptors (Lipinski definition) is 3. The number of fused-ring (bicyclic) bond motifs is 1. The third-order valence-corrected chi connectivity index (χ3v) is 7.75. The second-order valence-corrected chi connectivity index (χ2v) is 9.35. The minimum Gasteiger partial charge on any atom is -0.462 e. The fourth-order valence-corrected chi connectivity index (χ4v) is 6.35. The van der Waals surface area contributed by atoms with Crippen molar-refractivity contribution in [3.8, 4) is 0 Å². The second-order valence-electron chi connectivity index (χ2n) is 9.08. The van der Waals surface area contributed by atoms with Crippen LogP contribution in [0.25, 0.3) is 0 Å². The van der Waals surface area contributed by atoms with E-state index in [1.165, 1.54) is 12.8 Å². The minimum absolute atomic E-state index is 0.0726. The molecule has 0 spiro atoms. The molecule has 3 aliphatic rings. The van der Waals surface area contributed by atoms with Gasteiger partial charge in [-0.2, -0.15) is 0 Å². The monoisotopic (exact) mass is 354 g/mol. The van der Waals surface area contributed by atoms with Crippen molar-refractivity contribution >= 4 is 17.6 Å². The summed E-state index contributed by atoms with van der Waals surface area (Å²) in [5, 5.41) is 11.3. The molecule has 0 aromatic rings. The first-order valence-corrected chi connectivity index (χ1v) is 9.91. The van der Waals surface area contributed by atoms with Crippen LogP contribution in [0.5, 0.6) is 0 Å². The first-order chi connectivity index (χ1) is 11.2. The van der Waals surface area contributed by atoms with Crippen molar-refractivity contribution < 1.29 is 14.6 Å². The molecule has 24 heavy (non-hydrogen) atoms. The Balaban J connectivity index is 1.92. The van der Waals surface area contributed by atoms with E-state index in [-0.39, 0.29) is 23.2 Å². The number of halogens is 1. The molecular formula is C20H31ClO3. The summed E-state index contributed by atoms with van der Waals surface area (Å²) >= 11 is 6.24. The normalized spacial score (nSPS) is 43.5. The van der Waals surface area contributed by atoms with Crippen molar-refractivity contribution in [2.75, 3.05) is 12.5 Å². The maximum absolute atomic E-state index is 11.8. The number of aliphatic hydroxyl groups is 1. The summed E-state index contributed by atoms with van der Waals surface area (Å²) in [5.74, 6) is 0.780. The summed E-state index contributed by atoms with van der Waals surface area (Å²) in [4.78, 5) is 11.8. The van der Waals surface area contributed by atoms with E-state index in [1.54, 1.807) is 0 Å². The van der Waals surface area contributed by atoms with Crippen LogP contribution >= 0.6 is 11.6 Å². The van der Waals surface area contributed by atoms with Crippen molar-refractivity contribution in [3.63, 3.8) is 0 Å². The van der Waals surface area contributed by atoms with Crippen LogP contribution in [0, 0.1) is 22.7 Å². The molecular weight excluding hydrogens is 324 g/mol. The molecule has 2 aliphatic carbocycles. The average Bonchev–Trinajstić information content (AvgIpc) is 2.91. The van der Waals surface area contributed by atoms with E-state index in [4.69, 9.17) is 16.3 Å². The molecule has 0 unspecified atom stereocenters. The van der Waals surface area contributed by atoms with Gasteiger partial charge in [0.1, 0.15) is 0 Å². The molecule has 3 nitrogen and oxygen atoms in total. The quantitative estimate of drug-likeness (QED) is 0.462. The zero-order chi connectivity index (χ0) is 17.6. The van der Waals surface area contributed by atoms with Crippen LogP contribution in [-0.4, -0.2) is 29.2 Å². The number of esters is 1. The molecule has 1 N–H and O–H groups in total. The molecule has 1 saturated heterocycles. The molecule has 0 aromatic carbocycles. The van der Waals surface area contributed by atoms with Gasteiger partial charge >= 0.3 is 5.97 Å². The van der Waals surface area contributed by atoms with E-state index < -0.39 is 5.60 Å². The van der Waals surface area contributed by atoms with Gasteiger partial charge in [-0.1, -0.05) is 33.3 Å². The lowest BCUT2D eigenvalue weighted by Gasteiger charge is -2.61. The zero-order valence-electron chi connectivity index (χ0n) is 15.2. The molecule has 1 heterocycles. The fourth-order valence-electron chi connectivity index (χ4n) is 6.03. The lowest BCUT2D eigenvalue weighted by atomic mass is 9.45. The number of hydrogen-bond donors (Lipinski definition) is 1. The van der Waals surface area contributed by atoms with Crippen LogP contribution < -0.4 is 0 Å². The summed E-state index contributed by atoms with van der Waals surface area (Å²) in [6.45, 7) is 7.60. The van der Waals surface area contributed by atoms with Crippen molar-refractivity contribution in [1.82, 2.24) is 0 Å². The highest BCUT2D eigenvalue weighted by Gasteiger charge is 2.58. The van der Waals surface area contributed by atoms with Crippen LogP contribution in [0.3, 0.4) is 0 Å². The topological polar surface area (TPSA) is 46.5 Å². The third-order valence-electron chi connectivity index (χ3n) is 7.28. The molecule has 0 bridgehead atoms. The SMILES string of the molecule is CC1(C)CCC[C@@]2(C)[C@H]1CC[C@@](O)(CCl)[C@@H]2C/C=C1\CCOC1=O. The van der Waals surface area contributed by atoms with E-state index in [0.717, 1.165) is 31.3 Å². The highest BCUT2D eigenvalue weighted by molar-refractivity contribution is 6.18. The summed E-state index contributed by atoms with van der Waals surface area (Å²) in [7, 11) is 0. The Morgan fingerprint density at radius 3 is 2.67 bits per heavy atom. The Bertz CT molecular complexity index is 541. The number of carbonyl (C=O) groups excluding carboxylic acids is 1. The number of carbonyl (C=O) groups is 1. The smallest absolute Gasteiger partial charge is 0.333 e. The summed E-state index contributed by atoms with van der Waals surface area (Å²) in [5.41, 5.74) is 0.314. The molecule has 0 aromatic heterocycles. The maximum Gasteiger partial charge on any atom is 0.333 e. The molecule has 3 fully saturated rings. The molecule has 1 aliphatic heterocycles. The number of alkyl halides is 1. The third kappa shape index (κ3) is 2.92. The largest absolute Gasteiger partial charge is 0.462 e. The average molecular weight is 355 g/mol. The first kappa shape index (κ1) is 18.3. The minimum atomic E-state index is -0.834. The van der Waals surface area contributed by atoms with E-state index in [2.05, 4.69) is 20.8 Å². The lowest BCUT2D eigenvalue weighted by molar-refractivity contribution is -0.164. The van der Waals surface area contributed by atoms with Crippen molar-refractivity contribution in [3.05, 3.63) is 11.6 Å². The standard InChI is InChI=1S/C20H31ClO3/c1-18(2)9-4-10-19(3)15(18)7-11-20(23,13-21)16(19)6-5-14-8-12-24-17(14)22/h5,15-16,23H,4,6-13H2,1-3H3/b14-5+/t15-,16+,19-,20+/m0/s1. The Morgan fingerprint density at radius 1 is 1.29 bits per heavy atom.